The number of rotatable bonds is 4. The first-order valence-electron chi connectivity index (χ1n) is 4.76. The van der Waals surface area contributed by atoms with E-state index in [9.17, 15) is 9.59 Å². The first kappa shape index (κ1) is 12.0. The first-order chi connectivity index (χ1) is 7.54. The van der Waals surface area contributed by atoms with Crippen molar-refractivity contribution in [3.8, 4) is 5.75 Å². The summed E-state index contributed by atoms with van der Waals surface area (Å²) < 4.78 is 5.11. The van der Waals surface area contributed by atoms with Crippen LogP contribution in [0.1, 0.15) is 17.3 Å². The minimum absolute atomic E-state index is 0.196. The molecule has 1 amide bonds. The average molecular weight is 223 g/mol. The SMILES string of the molecule is CNC(=O)c1ccc(OC(C)C(=O)O)cc1. The minimum atomic E-state index is -1.03. The summed E-state index contributed by atoms with van der Waals surface area (Å²) in [7, 11) is 1.54. The van der Waals surface area contributed by atoms with Crippen molar-refractivity contribution in [3.05, 3.63) is 29.8 Å². The maximum Gasteiger partial charge on any atom is 0.344 e. The van der Waals surface area contributed by atoms with Crippen LogP contribution < -0.4 is 10.1 Å². The van der Waals surface area contributed by atoms with Crippen molar-refractivity contribution in [1.29, 1.82) is 0 Å². The number of amides is 1. The van der Waals surface area contributed by atoms with Crippen LogP contribution in [0.5, 0.6) is 5.75 Å². The summed E-state index contributed by atoms with van der Waals surface area (Å²) in [5, 5.41) is 11.1. The van der Waals surface area contributed by atoms with Crippen LogP contribution in [-0.2, 0) is 4.79 Å². The van der Waals surface area contributed by atoms with Crippen LogP contribution in [0.15, 0.2) is 24.3 Å². The van der Waals surface area contributed by atoms with Crippen LogP contribution in [0.2, 0.25) is 0 Å². The van der Waals surface area contributed by atoms with Gasteiger partial charge in [0.1, 0.15) is 5.75 Å². The highest BCUT2D eigenvalue weighted by atomic mass is 16.5. The van der Waals surface area contributed by atoms with Crippen LogP contribution in [0.3, 0.4) is 0 Å². The number of aliphatic carboxylic acids is 1. The number of nitrogens with one attached hydrogen (secondary N) is 1. The van der Waals surface area contributed by atoms with Crippen molar-refractivity contribution >= 4 is 11.9 Å². The molecule has 0 aliphatic rings. The van der Waals surface area contributed by atoms with Gasteiger partial charge in [-0.15, -0.1) is 0 Å². The fraction of sp³-hybridized carbons (Fsp3) is 0.273. The molecule has 0 aliphatic heterocycles. The molecule has 2 N–H and O–H groups in total. The highest BCUT2D eigenvalue weighted by Gasteiger charge is 2.12. The van der Waals surface area contributed by atoms with Gasteiger partial charge in [-0.3, -0.25) is 4.79 Å². The molecule has 0 aliphatic carbocycles. The van der Waals surface area contributed by atoms with Gasteiger partial charge in [0.25, 0.3) is 5.91 Å². The molecule has 5 heteroatoms. The number of carboxylic acids is 1. The Hall–Kier alpha value is -2.04. The zero-order chi connectivity index (χ0) is 12.1. The lowest BCUT2D eigenvalue weighted by Gasteiger charge is -2.10. The molecule has 5 nitrogen and oxygen atoms in total. The molecule has 1 unspecified atom stereocenters. The van der Waals surface area contributed by atoms with E-state index in [-0.39, 0.29) is 5.91 Å². The maximum atomic E-state index is 11.2. The third kappa shape index (κ3) is 2.98. The highest BCUT2D eigenvalue weighted by molar-refractivity contribution is 5.94. The number of carbonyl (C=O) groups excluding carboxylic acids is 1. The number of carboxylic acid groups (broad SMARTS) is 1. The Morgan fingerprint density at radius 1 is 1.31 bits per heavy atom. The molecule has 0 saturated carbocycles. The number of hydrogen-bond donors (Lipinski definition) is 2. The molecule has 0 saturated heterocycles. The molecule has 16 heavy (non-hydrogen) atoms. The lowest BCUT2D eigenvalue weighted by molar-refractivity contribution is -0.144. The largest absolute Gasteiger partial charge is 0.479 e. The summed E-state index contributed by atoms with van der Waals surface area (Å²) in [6.45, 7) is 1.44. The van der Waals surface area contributed by atoms with Crippen LogP contribution in [0.4, 0.5) is 0 Å². The van der Waals surface area contributed by atoms with Gasteiger partial charge in [-0.05, 0) is 31.2 Å². The van der Waals surface area contributed by atoms with E-state index in [4.69, 9.17) is 9.84 Å². The van der Waals surface area contributed by atoms with E-state index in [0.717, 1.165) is 0 Å². The van der Waals surface area contributed by atoms with Gasteiger partial charge in [0.2, 0.25) is 0 Å². The zero-order valence-corrected chi connectivity index (χ0v) is 9.06. The van der Waals surface area contributed by atoms with E-state index < -0.39 is 12.1 Å². The van der Waals surface area contributed by atoms with Crippen molar-refractivity contribution in [1.82, 2.24) is 5.32 Å². The van der Waals surface area contributed by atoms with E-state index in [1.165, 1.54) is 6.92 Å². The van der Waals surface area contributed by atoms with Gasteiger partial charge in [-0.2, -0.15) is 0 Å². The number of benzene rings is 1. The summed E-state index contributed by atoms with van der Waals surface area (Å²) in [5.74, 6) is -0.809. The number of carbonyl (C=O) groups is 2. The quantitative estimate of drug-likeness (QED) is 0.795. The van der Waals surface area contributed by atoms with Gasteiger partial charge in [0.05, 0.1) is 0 Å². The summed E-state index contributed by atoms with van der Waals surface area (Å²) in [4.78, 5) is 21.7. The lowest BCUT2D eigenvalue weighted by Crippen LogP contribution is -2.23. The van der Waals surface area contributed by atoms with Crippen molar-refractivity contribution in [2.75, 3.05) is 7.05 Å². The molecule has 0 radical (unpaired) electrons. The predicted molar refractivity (Wildman–Crippen MR) is 57.6 cm³/mol. The first-order valence-corrected chi connectivity index (χ1v) is 4.76. The van der Waals surface area contributed by atoms with Crippen molar-refractivity contribution in [2.24, 2.45) is 0 Å². The second kappa shape index (κ2) is 5.16. The van der Waals surface area contributed by atoms with E-state index in [2.05, 4.69) is 5.32 Å². The van der Waals surface area contributed by atoms with Crippen LogP contribution in [-0.4, -0.2) is 30.1 Å². The Labute approximate surface area is 93.0 Å². The van der Waals surface area contributed by atoms with Gasteiger partial charge in [-0.25, -0.2) is 4.79 Å². The predicted octanol–water partition coefficient (Wildman–Crippen LogP) is 0.898. The molecule has 1 rings (SSSR count). The van der Waals surface area contributed by atoms with E-state index in [0.29, 0.717) is 11.3 Å². The molecule has 0 aromatic heterocycles. The van der Waals surface area contributed by atoms with E-state index in [1.807, 2.05) is 0 Å². The fourth-order valence-corrected chi connectivity index (χ4v) is 1.08. The van der Waals surface area contributed by atoms with Crippen LogP contribution in [0, 0.1) is 0 Å². The molecular formula is C11H13NO4. The van der Waals surface area contributed by atoms with Gasteiger partial charge < -0.3 is 15.2 Å². The van der Waals surface area contributed by atoms with Gasteiger partial charge in [-0.1, -0.05) is 0 Å². The molecule has 0 spiro atoms. The summed E-state index contributed by atoms with van der Waals surface area (Å²) in [6, 6.07) is 6.26. The molecule has 1 aromatic rings. The number of ether oxygens (including phenoxy) is 1. The van der Waals surface area contributed by atoms with Crippen molar-refractivity contribution in [3.63, 3.8) is 0 Å². The normalized spacial score (nSPS) is 11.6. The molecule has 1 atom stereocenters. The van der Waals surface area contributed by atoms with Crippen LogP contribution >= 0.6 is 0 Å². The van der Waals surface area contributed by atoms with Crippen LogP contribution in [0.25, 0.3) is 0 Å². The highest BCUT2D eigenvalue weighted by Crippen LogP contribution is 2.13. The Morgan fingerprint density at radius 2 is 1.88 bits per heavy atom. The standard InChI is InChI=1S/C11H13NO4/c1-7(11(14)15)16-9-5-3-8(4-6-9)10(13)12-2/h3-7H,1-2H3,(H,12,13)(H,14,15). The molecule has 86 valence electrons. The molecule has 0 fully saturated rings. The minimum Gasteiger partial charge on any atom is -0.479 e. The zero-order valence-electron chi connectivity index (χ0n) is 9.06. The molecule has 0 heterocycles. The summed E-state index contributed by atoms with van der Waals surface area (Å²) in [5.41, 5.74) is 0.498. The Kier molecular flexibility index (Phi) is 3.88. The smallest absolute Gasteiger partial charge is 0.344 e. The fourth-order valence-electron chi connectivity index (χ4n) is 1.08. The second-order valence-corrected chi connectivity index (χ2v) is 3.20. The second-order valence-electron chi connectivity index (χ2n) is 3.20. The maximum absolute atomic E-state index is 11.2. The molecule has 1 aromatic carbocycles. The average Bonchev–Trinajstić information content (AvgIpc) is 2.28. The molecular weight excluding hydrogens is 210 g/mol. The monoisotopic (exact) mass is 223 g/mol. The van der Waals surface area contributed by atoms with Gasteiger partial charge >= 0.3 is 5.97 Å². The topological polar surface area (TPSA) is 75.6 Å². The van der Waals surface area contributed by atoms with Crippen molar-refractivity contribution < 1.29 is 19.4 Å². The summed E-state index contributed by atoms with van der Waals surface area (Å²) >= 11 is 0. The Bertz CT molecular complexity index is 385. The third-order valence-corrected chi connectivity index (χ3v) is 2.00. The van der Waals surface area contributed by atoms with Crippen molar-refractivity contribution in [2.45, 2.75) is 13.0 Å². The van der Waals surface area contributed by atoms with Gasteiger partial charge in [0, 0.05) is 12.6 Å². The third-order valence-electron chi connectivity index (χ3n) is 2.00. The van der Waals surface area contributed by atoms with E-state index in [1.54, 1.807) is 31.3 Å². The Morgan fingerprint density at radius 3 is 2.31 bits per heavy atom. The van der Waals surface area contributed by atoms with Gasteiger partial charge in [0.15, 0.2) is 6.10 Å². The van der Waals surface area contributed by atoms with E-state index >= 15 is 0 Å². The Balaban J connectivity index is 2.72. The molecule has 0 bridgehead atoms. The lowest BCUT2D eigenvalue weighted by atomic mass is 10.2. The summed E-state index contributed by atoms with van der Waals surface area (Å²) in [6.07, 6.45) is -0.911. The number of hydrogen-bond acceptors (Lipinski definition) is 3.